The minimum atomic E-state index is -0.0847. The maximum atomic E-state index is 9.32. The minimum absolute atomic E-state index is 0.0806. The molecule has 1 aromatic rings. The number of morpholine rings is 1. The molecule has 1 saturated heterocycles. The third kappa shape index (κ3) is 4.19. The van der Waals surface area contributed by atoms with Gasteiger partial charge in [0.15, 0.2) is 0 Å². The molecule has 1 fully saturated rings. The Kier molecular flexibility index (Phi) is 6.03. The van der Waals surface area contributed by atoms with Gasteiger partial charge in [0.1, 0.15) is 0 Å². The summed E-state index contributed by atoms with van der Waals surface area (Å²) in [7, 11) is 0. The Morgan fingerprint density at radius 3 is 2.57 bits per heavy atom. The lowest BCUT2D eigenvalue weighted by molar-refractivity contribution is -0.0421. The van der Waals surface area contributed by atoms with Gasteiger partial charge in [0.05, 0.1) is 18.8 Å². The van der Waals surface area contributed by atoms with Crippen molar-refractivity contribution in [1.82, 2.24) is 5.32 Å². The topological polar surface area (TPSA) is 44.7 Å². The molecule has 1 heterocycles. The number of anilines is 1. The Labute approximate surface area is 128 Å². The molecule has 0 radical (unpaired) electrons. The second-order valence-electron chi connectivity index (χ2n) is 5.77. The predicted octanol–water partition coefficient (Wildman–Crippen LogP) is 2.33. The third-order valence-electron chi connectivity index (χ3n) is 4.05. The summed E-state index contributed by atoms with van der Waals surface area (Å²) in [5.41, 5.74) is 2.54. The van der Waals surface area contributed by atoms with Crippen LogP contribution < -0.4 is 10.2 Å². The van der Waals surface area contributed by atoms with E-state index in [0.717, 1.165) is 26.1 Å². The highest BCUT2D eigenvalue weighted by Gasteiger charge is 2.24. The number of hydrogen-bond acceptors (Lipinski definition) is 4. The first-order valence-electron chi connectivity index (χ1n) is 8.02. The Balaban J connectivity index is 2.07. The average molecular weight is 292 g/mol. The van der Waals surface area contributed by atoms with Gasteiger partial charge in [-0.2, -0.15) is 0 Å². The van der Waals surface area contributed by atoms with Gasteiger partial charge in [-0.05, 0) is 37.6 Å². The van der Waals surface area contributed by atoms with E-state index in [2.05, 4.69) is 55.3 Å². The van der Waals surface area contributed by atoms with E-state index in [-0.39, 0.29) is 18.8 Å². The van der Waals surface area contributed by atoms with Gasteiger partial charge in [0, 0.05) is 24.8 Å². The van der Waals surface area contributed by atoms with Crippen LogP contribution in [-0.2, 0) is 4.74 Å². The van der Waals surface area contributed by atoms with Crippen LogP contribution in [0.15, 0.2) is 24.3 Å². The number of aliphatic hydroxyl groups excluding tert-OH is 1. The van der Waals surface area contributed by atoms with Crippen molar-refractivity contribution in [3.05, 3.63) is 29.8 Å². The van der Waals surface area contributed by atoms with Crippen LogP contribution in [0.2, 0.25) is 0 Å². The summed E-state index contributed by atoms with van der Waals surface area (Å²) in [6.45, 7) is 9.10. The highest BCUT2D eigenvalue weighted by molar-refractivity contribution is 5.48. The van der Waals surface area contributed by atoms with E-state index in [1.807, 2.05) is 0 Å². The molecule has 0 aromatic heterocycles. The number of nitrogens with one attached hydrogen (secondary N) is 1. The molecule has 1 aromatic carbocycles. The number of ether oxygens (including phenoxy) is 1. The molecule has 1 aliphatic heterocycles. The first kappa shape index (κ1) is 16.3. The predicted molar refractivity (Wildman–Crippen MR) is 86.8 cm³/mol. The normalized spacial score (nSPS) is 24.1. The second-order valence-corrected chi connectivity index (χ2v) is 5.77. The van der Waals surface area contributed by atoms with Gasteiger partial charge in [0.2, 0.25) is 0 Å². The van der Waals surface area contributed by atoms with E-state index in [9.17, 15) is 5.11 Å². The first-order chi connectivity index (χ1) is 10.2. The number of aliphatic hydroxyl groups is 1. The van der Waals surface area contributed by atoms with Crippen LogP contribution in [0, 0.1) is 0 Å². The summed E-state index contributed by atoms with van der Waals surface area (Å²) in [5.74, 6) is 0. The fourth-order valence-corrected chi connectivity index (χ4v) is 3.02. The van der Waals surface area contributed by atoms with E-state index >= 15 is 0 Å². The summed E-state index contributed by atoms with van der Waals surface area (Å²) in [5, 5.41) is 12.8. The van der Waals surface area contributed by atoms with Crippen LogP contribution in [0.4, 0.5) is 5.69 Å². The molecular formula is C17H28N2O2. The number of hydrogen-bond donors (Lipinski definition) is 2. The van der Waals surface area contributed by atoms with Crippen LogP contribution in [0.5, 0.6) is 0 Å². The van der Waals surface area contributed by atoms with Gasteiger partial charge in [-0.1, -0.05) is 26.0 Å². The molecule has 0 bridgehead atoms. The lowest BCUT2D eigenvalue weighted by Gasteiger charge is -2.37. The Hall–Kier alpha value is -1.10. The quantitative estimate of drug-likeness (QED) is 0.845. The van der Waals surface area contributed by atoms with Crippen molar-refractivity contribution < 1.29 is 9.84 Å². The van der Waals surface area contributed by atoms with Gasteiger partial charge in [-0.25, -0.2) is 0 Å². The van der Waals surface area contributed by atoms with Gasteiger partial charge < -0.3 is 20.1 Å². The molecule has 21 heavy (non-hydrogen) atoms. The molecule has 0 amide bonds. The molecule has 2 rings (SSSR count). The highest BCUT2D eigenvalue weighted by atomic mass is 16.5. The highest BCUT2D eigenvalue weighted by Crippen LogP contribution is 2.24. The van der Waals surface area contributed by atoms with Crippen molar-refractivity contribution in [2.45, 2.75) is 45.4 Å². The zero-order valence-corrected chi connectivity index (χ0v) is 13.4. The maximum absolute atomic E-state index is 9.32. The van der Waals surface area contributed by atoms with Gasteiger partial charge >= 0.3 is 0 Å². The van der Waals surface area contributed by atoms with Crippen molar-refractivity contribution in [2.24, 2.45) is 0 Å². The van der Waals surface area contributed by atoms with Crippen molar-refractivity contribution >= 4 is 5.69 Å². The molecule has 0 saturated carbocycles. The summed E-state index contributed by atoms with van der Waals surface area (Å²) < 4.78 is 5.70. The van der Waals surface area contributed by atoms with Crippen molar-refractivity contribution in [3.8, 4) is 0 Å². The largest absolute Gasteiger partial charge is 0.394 e. The average Bonchev–Trinajstić information content (AvgIpc) is 2.52. The van der Waals surface area contributed by atoms with E-state index < -0.39 is 0 Å². The van der Waals surface area contributed by atoms with E-state index in [1.165, 1.54) is 11.3 Å². The summed E-state index contributed by atoms with van der Waals surface area (Å²) in [6.07, 6.45) is 1.16. The van der Waals surface area contributed by atoms with Crippen LogP contribution in [0.3, 0.4) is 0 Å². The van der Waals surface area contributed by atoms with Crippen LogP contribution in [-0.4, -0.2) is 43.6 Å². The van der Waals surface area contributed by atoms with Crippen LogP contribution in [0.1, 0.15) is 38.8 Å². The number of rotatable bonds is 6. The van der Waals surface area contributed by atoms with Gasteiger partial charge in [0.25, 0.3) is 0 Å². The van der Waals surface area contributed by atoms with E-state index in [0.29, 0.717) is 6.04 Å². The molecule has 3 atom stereocenters. The lowest BCUT2D eigenvalue weighted by atomic mass is 10.0. The van der Waals surface area contributed by atoms with Crippen molar-refractivity contribution in [1.29, 1.82) is 0 Å². The summed E-state index contributed by atoms with van der Waals surface area (Å²) in [4.78, 5) is 2.30. The maximum Gasteiger partial charge on any atom is 0.0984 e. The fraction of sp³-hybridized carbons (Fsp3) is 0.647. The van der Waals surface area contributed by atoms with E-state index in [1.54, 1.807) is 0 Å². The van der Waals surface area contributed by atoms with Gasteiger partial charge in [-0.3, -0.25) is 0 Å². The van der Waals surface area contributed by atoms with Crippen molar-refractivity contribution in [2.75, 3.05) is 31.1 Å². The zero-order valence-electron chi connectivity index (χ0n) is 13.4. The number of benzene rings is 1. The molecule has 0 spiro atoms. The SMILES string of the molecule is CCNC(CC)c1ccc(N2CC(C)OC(CO)C2)cc1. The Morgan fingerprint density at radius 1 is 1.29 bits per heavy atom. The minimum Gasteiger partial charge on any atom is -0.394 e. The fourth-order valence-electron chi connectivity index (χ4n) is 3.02. The molecule has 2 N–H and O–H groups in total. The smallest absolute Gasteiger partial charge is 0.0984 e. The summed E-state index contributed by atoms with van der Waals surface area (Å²) in [6, 6.07) is 9.21. The molecular weight excluding hydrogens is 264 g/mol. The monoisotopic (exact) mass is 292 g/mol. The van der Waals surface area contributed by atoms with Gasteiger partial charge in [-0.15, -0.1) is 0 Å². The van der Waals surface area contributed by atoms with Crippen LogP contribution >= 0.6 is 0 Å². The molecule has 118 valence electrons. The molecule has 0 aliphatic carbocycles. The lowest BCUT2D eigenvalue weighted by Crippen LogP contribution is -2.48. The summed E-state index contributed by atoms with van der Waals surface area (Å²) >= 11 is 0. The number of nitrogens with zero attached hydrogens (tertiary/aromatic N) is 1. The van der Waals surface area contributed by atoms with E-state index in [4.69, 9.17) is 4.74 Å². The van der Waals surface area contributed by atoms with Crippen LogP contribution in [0.25, 0.3) is 0 Å². The molecule has 4 nitrogen and oxygen atoms in total. The Bertz CT molecular complexity index is 421. The molecule has 4 heteroatoms. The molecule has 3 unspecified atom stereocenters. The Morgan fingerprint density at radius 2 is 2.00 bits per heavy atom. The first-order valence-corrected chi connectivity index (χ1v) is 8.02. The van der Waals surface area contributed by atoms with Crippen molar-refractivity contribution in [3.63, 3.8) is 0 Å². The molecule has 1 aliphatic rings. The second kappa shape index (κ2) is 7.78. The third-order valence-corrected chi connectivity index (χ3v) is 4.05. The standard InChI is InChI=1S/C17H28N2O2/c1-4-17(18-5-2)14-6-8-15(9-7-14)19-10-13(3)21-16(11-19)12-20/h6-9,13,16-18,20H,4-5,10-12H2,1-3H3. The zero-order chi connectivity index (χ0) is 15.2.